The van der Waals surface area contributed by atoms with Crippen molar-refractivity contribution in [3.05, 3.63) is 199 Å². The highest BCUT2D eigenvalue weighted by atomic mass is 32.1. The number of fused-ring (bicyclic) bond motifs is 9. The summed E-state index contributed by atoms with van der Waals surface area (Å²) in [5.41, 5.74) is 13.5. The Balaban J connectivity index is 1.10. The van der Waals surface area contributed by atoms with Crippen molar-refractivity contribution < 1.29 is 0 Å². The lowest BCUT2D eigenvalue weighted by atomic mass is 9.82. The van der Waals surface area contributed by atoms with Gasteiger partial charge in [-0.1, -0.05) is 153 Å². The molecule has 2 heteroatoms. The van der Waals surface area contributed by atoms with Crippen molar-refractivity contribution in [2.24, 2.45) is 0 Å². The van der Waals surface area contributed by atoms with Gasteiger partial charge in [-0.25, -0.2) is 0 Å². The summed E-state index contributed by atoms with van der Waals surface area (Å²) in [4.78, 5) is 2.49. The van der Waals surface area contributed by atoms with Crippen LogP contribution in [0.3, 0.4) is 0 Å². The number of nitrogens with zero attached hydrogens (tertiary/aromatic N) is 1. The highest BCUT2D eigenvalue weighted by Crippen LogP contribution is 2.55. The second-order valence-corrected chi connectivity index (χ2v) is 16.4. The number of rotatable bonds is 5. The summed E-state index contributed by atoms with van der Waals surface area (Å²) in [5, 5.41) is 7.76. The van der Waals surface area contributed by atoms with Gasteiger partial charge in [-0.05, 0) is 103 Å². The zero-order valence-corrected chi connectivity index (χ0v) is 31.6. The Kier molecular flexibility index (Phi) is 7.14. The third kappa shape index (κ3) is 4.99. The molecule has 0 spiro atoms. The van der Waals surface area contributed by atoms with Crippen molar-refractivity contribution in [3.63, 3.8) is 0 Å². The molecule has 1 aliphatic carbocycles. The molecule has 9 aromatic carbocycles. The van der Waals surface area contributed by atoms with E-state index in [2.05, 4.69) is 207 Å². The first-order chi connectivity index (χ1) is 27.0. The molecule has 260 valence electrons. The van der Waals surface area contributed by atoms with Crippen LogP contribution in [-0.2, 0) is 5.41 Å². The van der Waals surface area contributed by atoms with Crippen LogP contribution in [0.15, 0.2) is 188 Å². The molecule has 0 fully saturated rings. The van der Waals surface area contributed by atoms with Gasteiger partial charge in [0.2, 0.25) is 0 Å². The fraction of sp³-hybridized carbons (Fsp3) is 0.0566. The summed E-state index contributed by atoms with van der Waals surface area (Å²) in [7, 11) is 0. The van der Waals surface area contributed by atoms with Crippen LogP contribution >= 0.6 is 11.3 Å². The molecule has 0 atom stereocenters. The van der Waals surface area contributed by atoms with Crippen LogP contribution in [0, 0.1) is 0 Å². The number of hydrogen-bond donors (Lipinski definition) is 0. The van der Waals surface area contributed by atoms with Crippen molar-refractivity contribution in [2.75, 3.05) is 4.90 Å². The van der Waals surface area contributed by atoms with E-state index in [1.807, 2.05) is 11.3 Å². The largest absolute Gasteiger partial charge is 0.309 e. The first-order valence-electron chi connectivity index (χ1n) is 19.1. The minimum Gasteiger partial charge on any atom is -0.309 e. The second-order valence-electron chi connectivity index (χ2n) is 15.3. The van der Waals surface area contributed by atoms with Crippen LogP contribution in [0.4, 0.5) is 17.1 Å². The first kappa shape index (κ1) is 32.0. The average Bonchev–Trinajstić information content (AvgIpc) is 3.74. The van der Waals surface area contributed by atoms with Gasteiger partial charge < -0.3 is 4.90 Å². The third-order valence-corrected chi connectivity index (χ3v) is 13.0. The quantitative estimate of drug-likeness (QED) is 0.171. The van der Waals surface area contributed by atoms with Crippen LogP contribution in [0.1, 0.15) is 25.0 Å². The third-order valence-electron chi connectivity index (χ3n) is 11.9. The Labute approximate surface area is 325 Å². The van der Waals surface area contributed by atoms with E-state index < -0.39 is 0 Å². The molecule has 1 heterocycles. The molecule has 0 N–H and O–H groups in total. The SMILES string of the molecule is CC1(C)c2ccccc2-c2c(N(c3ccc(-c4ccc5ccc6sc7ccccc7c6c5c4)cc3)c3ccccc3-c3ccc4ccccc4c3)cccc21. The lowest BCUT2D eigenvalue weighted by Crippen LogP contribution is -2.16. The van der Waals surface area contributed by atoms with Gasteiger partial charge in [-0.3, -0.25) is 0 Å². The number of hydrogen-bond acceptors (Lipinski definition) is 2. The molecule has 10 aromatic rings. The summed E-state index contributed by atoms with van der Waals surface area (Å²) in [6.45, 7) is 4.72. The molecule has 0 aliphatic heterocycles. The molecule has 0 saturated heterocycles. The maximum Gasteiger partial charge on any atom is 0.0543 e. The molecule has 1 nitrogen and oxygen atoms in total. The van der Waals surface area contributed by atoms with Gasteiger partial charge in [0, 0.05) is 42.4 Å². The predicted molar refractivity (Wildman–Crippen MR) is 237 cm³/mol. The van der Waals surface area contributed by atoms with Crippen molar-refractivity contribution in [3.8, 4) is 33.4 Å². The molecule has 1 aliphatic rings. The van der Waals surface area contributed by atoms with Crippen molar-refractivity contribution in [1.29, 1.82) is 0 Å². The molecule has 0 unspecified atom stereocenters. The molecule has 0 radical (unpaired) electrons. The minimum absolute atomic E-state index is 0.107. The fourth-order valence-electron chi connectivity index (χ4n) is 9.12. The Morgan fingerprint density at radius 2 is 1.07 bits per heavy atom. The van der Waals surface area contributed by atoms with E-state index in [-0.39, 0.29) is 5.41 Å². The zero-order chi connectivity index (χ0) is 36.7. The predicted octanol–water partition coefficient (Wildman–Crippen LogP) is 15.5. The van der Waals surface area contributed by atoms with E-state index in [4.69, 9.17) is 0 Å². The standard InChI is InChI=1S/C53H37NS/c1-53(2)45-17-8-5-15-42(45)52-46(53)18-11-20-48(52)54(47-19-9-6-14-41(47)39-25-22-34-12-3-4-13-37(34)32-39)40-29-26-35(27-30-40)38-24-23-36-28-31-50-51(44(36)33-38)43-16-7-10-21-49(43)55-50/h3-33H,1-2H3. The van der Waals surface area contributed by atoms with Crippen molar-refractivity contribution >= 4 is 70.1 Å². The van der Waals surface area contributed by atoms with Gasteiger partial charge in [-0.15, -0.1) is 11.3 Å². The van der Waals surface area contributed by atoms with E-state index in [0.29, 0.717) is 0 Å². The molecular weight excluding hydrogens is 683 g/mol. The van der Waals surface area contributed by atoms with Gasteiger partial charge >= 0.3 is 0 Å². The molecule has 0 saturated carbocycles. The smallest absolute Gasteiger partial charge is 0.0543 e. The Morgan fingerprint density at radius 1 is 0.418 bits per heavy atom. The highest BCUT2D eigenvalue weighted by molar-refractivity contribution is 7.26. The molecule has 0 amide bonds. The summed E-state index contributed by atoms with van der Waals surface area (Å²) in [6, 6.07) is 69.7. The number of benzene rings is 9. The van der Waals surface area contributed by atoms with Gasteiger partial charge in [0.1, 0.15) is 0 Å². The first-order valence-corrected chi connectivity index (χ1v) is 19.9. The summed E-state index contributed by atoms with van der Waals surface area (Å²) in [6.07, 6.45) is 0. The Bertz CT molecular complexity index is 3130. The maximum absolute atomic E-state index is 2.49. The highest BCUT2D eigenvalue weighted by Gasteiger charge is 2.38. The van der Waals surface area contributed by atoms with Crippen LogP contribution in [0.25, 0.3) is 75.1 Å². The van der Waals surface area contributed by atoms with Crippen LogP contribution in [-0.4, -0.2) is 0 Å². The van der Waals surface area contributed by atoms with Gasteiger partial charge in [0.15, 0.2) is 0 Å². The Morgan fingerprint density at radius 3 is 1.96 bits per heavy atom. The van der Waals surface area contributed by atoms with Gasteiger partial charge in [0.25, 0.3) is 0 Å². The number of para-hydroxylation sites is 1. The summed E-state index contributed by atoms with van der Waals surface area (Å²) >= 11 is 1.88. The van der Waals surface area contributed by atoms with Crippen LogP contribution < -0.4 is 4.90 Å². The normalized spacial score (nSPS) is 13.1. The monoisotopic (exact) mass is 719 g/mol. The van der Waals surface area contributed by atoms with E-state index in [1.54, 1.807) is 0 Å². The molecule has 1 aromatic heterocycles. The van der Waals surface area contributed by atoms with Crippen molar-refractivity contribution in [1.82, 2.24) is 0 Å². The number of anilines is 3. The van der Waals surface area contributed by atoms with E-state index in [1.165, 1.54) is 91.9 Å². The second kappa shape index (κ2) is 12.3. The number of thiophene rings is 1. The van der Waals surface area contributed by atoms with E-state index in [9.17, 15) is 0 Å². The van der Waals surface area contributed by atoms with E-state index in [0.717, 1.165) is 11.4 Å². The molecule has 11 rings (SSSR count). The topological polar surface area (TPSA) is 3.24 Å². The lowest BCUT2D eigenvalue weighted by Gasteiger charge is -2.30. The van der Waals surface area contributed by atoms with Gasteiger partial charge in [-0.2, -0.15) is 0 Å². The fourth-order valence-corrected chi connectivity index (χ4v) is 10.2. The van der Waals surface area contributed by atoms with Crippen LogP contribution in [0.5, 0.6) is 0 Å². The van der Waals surface area contributed by atoms with Crippen LogP contribution in [0.2, 0.25) is 0 Å². The molecule has 55 heavy (non-hydrogen) atoms. The van der Waals surface area contributed by atoms with Gasteiger partial charge in [0.05, 0.1) is 11.4 Å². The lowest BCUT2D eigenvalue weighted by molar-refractivity contribution is 0.660. The average molecular weight is 720 g/mol. The zero-order valence-electron chi connectivity index (χ0n) is 30.8. The minimum atomic E-state index is -0.107. The maximum atomic E-state index is 2.49. The summed E-state index contributed by atoms with van der Waals surface area (Å²) < 4.78 is 2.67. The van der Waals surface area contributed by atoms with Crippen molar-refractivity contribution in [2.45, 2.75) is 19.3 Å². The molecule has 0 bridgehead atoms. The van der Waals surface area contributed by atoms with E-state index >= 15 is 0 Å². The molecular formula is C53H37NS. The Hall–Kier alpha value is -6.48. The summed E-state index contributed by atoms with van der Waals surface area (Å²) in [5.74, 6) is 0.